The fourth-order valence-corrected chi connectivity index (χ4v) is 4.40. The topological polar surface area (TPSA) is 113 Å². The summed E-state index contributed by atoms with van der Waals surface area (Å²) in [5.74, 6) is -1.60. The smallest absolute Gasteiger partial charge is 0.311 e. The number of carboxylic acids is 1. The molecule has 138 valence electrons. The maximum atomic E-state index is 12.4. The van der Waals surface area contributed by atoms with Gasteiger partial charge in [0.05, 0.1) is 17.1 Å². The quantitative estimate of drug-likeness (QED) is 0.690. The minimum atomic E-state index is -3.31. The number of nitrogens with zero attached hydrogens (tertiary/aromatic N) is 1. The van der Waals surface area contributed by atoms with E-state index in [1.54, 1.807) is 6.92 Å². The lowest BCUT2D eigenvalue weighted by molar-refractivity contribution is -0.154. The van der Waals surface area contributed by atoms with Crippen LogP contribution in [0.5, 0.6) is 0 Å². The highest BCUT2D eigenvalue weighted by molar-refractivity contribution is 7.89. The van der Waals surface area contributed by atoms with Crippen molar-refractivity contribution in [1.82, 2.24) is 9.62 Å². The molecular formula is C15H26N2O6S. The number of carbonyl (C=O) groups is 2. The number of nitrogens with one attached hydrogen (secondary N) is 1. The standard InChI is InChI=1S/C15H26N2O6S/c1-2-24(21,22)17-7-3-4-12(10-17)13(18)16-11-15(14(19)20)5-8-23-9-6-15/h12H,2-11H2,1H3,(H,16,18)(H,19,20). The van der Waals surface area contributed by atoms with Gasteiger partial charge in [-0.25, -0.2) is 12.7 Å². The molecule has 1 atom stereocenters. The molecule has 24 heavy (non-hydrogen) atoms. The minimum absolute atomic E-state index is 0.0173. The fraction of sp³-hybridized carbons (Fsp3) is 0.867. The third-order valence-corrected chi connectivity index (χ3v) is 6.87. The largest absolute Gasteiger partial charge is 0.481 e. The van der Waals surface area contributed by atoms with Gasteiger partial charge in [-0.05, 0) is 32.6 Å². The second-order valence-corrected chi connectivity index (χ2v) is 8.77. The number of carbonyl (C=O) groups excluding carboxylic acids is 1. The molecule has 2 N–H and O–H groups in total. The summed E-state index contributed by atoms with van der Waals surface area (Å²) in [6, 6.07) is 0. The van der Waals surface area contributed by atoms with Gasteiger partial charge in [0.1, 0.15) is 0 Å². The number of hydrogen-bond donors (Lipinski definition) is 2. The maximum absolute atomic E-state index is 12.4. The highest BCUT2D eigenvalue weighted by atomic mass is 32.2. The molecular weight excluding hydrogens is 336 g/mol. The number of ether oxygens (including phenoxy) is 1. The normalized spacial score (nSPS) is 25.1. The van der Waals surface area contributed by atoms with Gasteiger partial charge >= 0.3 is 5.97 Å². The fourth-order valence-electron chi connectivity index (χ4n) is 3.22. The molecule has 0 aliphatic carbocycles. The minimum Gasteiger partial charge on any atom is -0.481 e. The number of amides is 1. The molecule has 0 aromatic heterocycles. The first kappa shape index (κ1) is 19.1. The van der Waals surface area contributed by atoms with Gasteiger partial charge in [0.25, 0.3) is 0 Å². The van der Waals surface area contributed by atoms with Crippen molar-refractivity contribution in [2.45, 2.75) is 32.6 Å². The van der Waals surface area contributed by atoms with Crippen LogP contribution in [0.15, 0.2) is 0 Å². The molecule has 0 spiro atoms. The van der Waals surface area contributed by atoms with Gasteiger partial charge in [0, 0.05) is 32.8 Å². The van der Waals surface area contributed by atoms with Gasteiger partial charge in [-0.1, -0.05) is 0 Å². The van der Waals surface area contributed by atoms with Gasteiger partial charge in [-0.15, -0.1) is 0 Å². The number of carboxylic acid groups (broad SMARTS) is 1. The molecule has 0 aromatic carbocycles. The van der Waals surface area contributed by atoms with E-state index in [1.165, 1.54) is 4.31 Å². The Hall–Kier alpha value is -1.19. The first-order chi connectivity index (χ1) is 11.3. The Morgan fingerprint density at radius 3 is 2.58 bits per heavy atom. The lowest BCUT2D eigenvalue weighted by Gasteiger charge is -2.35. The van der Waals surface area contributed by atoms with E-state index in [4.69, 9.17) is 4.74 Å². The van der Waals surface area contributed by atoms with Crippen LogP contribution in [0.4, 0.5) is 0 Å². The lowest BCUT2D eigenvalue weighted by Crippen LogP contribution is -2.50. The first-order valence-electron chi connectivity index (χ1n) is 8.37. The van der Waals surface area contributed by atoms with Gasteiger partial charge < -0.3 is 15.2 Å². The van der Waals surface area contributed by atoms with Crippen LogP contribution in [-0.4, -0.2) is 68.3 Å². The van der Waals surface area contributed by atoms with Crippen molar-refractivity contribution in [2.24, 2.45) is 11.3 Å². The molecule has 2 heterocycles. The Morgan fingerprint density at radius 1 is 1.33 bits per heavy atom. The third-order valence-electron chi connectivity index (χ3n) is 5.02. The molecule has 1 unspecified atom stereocenters. The Labute approximate surface area is 142 Å². The van der Waals surface area contributed by atoms with Crippen molar-refractivity contribution in [1.29, 1.82) is 0 Å². The average Bonchev–Trinajstić information content (AvgIpc) is 2.60. The van der Waals surface area contributed by atoms with Gasteiger partial charge in [-0.3, -0.25) is 9.59 Å². The van der Waals surface area contributed by atoms with Crippen LogP contribution in [0.1, 0.15) is 32.6 Å². The molecule has 0 bridgehead atoms. The van der Waals surface area contributed by atoms with E-state index in [-0.39, 0.29) is 24.7 Å². The Bertz CT molecular complexity index is 571. The second-order valence-electron chi connectivity index (χ2n) is 6.51. The predicted molar refractivity (Wildman–Crippen MR) is 86.9 cm³/mol. The summed E-state index contributed by atoms with van der Waals surface area (Å²) < 4.78 is 30.5. The van der Waals surface area contributed by atoms with E-state index in [0.29, 0.717) is 45.4 Å². The molecule has 2 rings (SSSR count). The van der Waals surface area contributed by atoms with Crippen LogP contribution in [-0.2, 0) is 24.3 Å². The summed E-state index contributed by atoms with van der Waals surface area (Å²) in [4.78, 5) is 24.0. The van der Waals surface area contributed by atoms with Crippen LogP contribution >= 0.6 is 0 Å². The van der Waals surface area contributed by atoms with E-state index < -0.39 is 27.3 Å². The average molecular weight is 362 g/mol. The molecule has 0 aromatic rings. The Kier molecular flexibility index (Phi) is 6.22. The van der Waals surface area contributed by atoms with Crippen LogP contribution in [0.25, 0.3) is 0 Å². The summed E-state index contributed by atoms with van der Waals surface area (Å²) >= 11 is 0. The summed E-state index contributed by atoms with van der Waals surface area (Å²) in [5, 5.41) is 12.2. The monoisotopic (exact) mass is 362 g/mol. The van der Waals surface area contributed by atoms with Gasteiger partial charge in [0.2, 0.25) is 15.9 Å². The SMILES string of the molecule is CCS(=O)(=O)N1CCCC(C(=O)NCC2(C(=O)O)CCOCC2)C1. The molecule has 9 heteroatoms. The molecule has 2 fully saturated rings. The number of rotatable bonds is 6. The number of sulfonamides is 1. The van der Waals surface area contributed by atoms with Crippen LogP contribution < -0.4 is 5.32 Å². The highest BCUT2D eigenvalue weighted by Crippen LogP contribution is 2.30. The van der Waals surface area contributed by atoms with Gasteiger partial charge in [-0.2, -0.15) is 0 Å². The molecule has 2 aliphatic heterocycles. The zero-order valence-corrected chi connectivity index (χ0v) is 14.8. The second kappa shape index (κ2) is 7.79. The molecule has 1 amide bonds. The maximum Gasteiger partial charge on any atom is 0.311 e. The zero-order chi connectivity index (χ0) is 17.8. The number of aliphatic carboxylic acids is 1. The van der Waals surface area contributed by atoms with E-state index in [2.05, 4.69) is 5.32 Å². The number of piperidine rings is 1. The number of hydrogen-bond acceptors (Lipinski definition) is 5. The molecule has 2 saturated heterocycles. The van der Waals surface area contributed by atoms with Crippen molar-refractivity contribution >= 4 is 21.9 Å². The van der Waals surface area contributed by atoms with Crippen molar-refractivity contribution in [3.05, 3.63) is 0 Å². The van der Waals surface area contributed by atoms with Gasteiger partial charge in [0.15, 0.2) is 0 Å². The Morgan fingerprint density at radius 2 is 2.00 bits per heavy atom. The summed E-state index contributed by atoms with van der Waals surface area (Å²) in [5.41, 5.74) is -0.988. The summed E-state index contributed by atoms with van der Waals surface area (Å²) in [6.45, 7) is 2.99. The van der Waals surface area contributed by atoms with Crippen molar-refractivity contribution in [2.75, 3.05) is 38.6 Å². The zero-order valence-electron chi connectivity index (χ0n) is 14.0. The van der Waals surface area contributed by atoms with Crippen LogP contribution in [0, 0.1) is 11.3 Å². The Balaban J connectivity index is 1.95. The predicted octanol–water partition coefficient (Wildman–Crippen LogP) is 0.0457. The first-order valence-corrected chi connectivity index (χ1v) is 9.98. The van der Waals surface area contributed by atoms with E-state index in [1.807, 2.05) is 0 Å². The summed E-state index contributed by atoms with van der Waals surface area (Å²) in [6.07, 6.45) is 1.98. The lowest BCUT2D eigenvalue weighted by atomic mass is 9.80. The molecule has 2 aliphatic rings. The highest BCUT2D eigenvalue weighted by Gasteiger charge is 2.41. The van der Waals surface area contributed by atoms with Crippen molar-refractivity contribution in [3.63, 3.8) is 0 Å². The van der Waals surface area contributed by atoms with Crippen LogP contribution in [0.2, 0.25) is 0 Å². The van der Waals surface area contributed by atoms with Crippen molar-refractivity contribution < 1.29 is 27.9 Å². The van der Waals surface area contributed by atoms with E-state index in [9.17, 15) is 23.1 Å². The van der Waals surface area contributed by atoms with E-state index in [0.717, 1.165) is 0 Å². The van der Waals surface area contributed by atoms with E-state index >= 15 is 0 Å². The molecule has 0 radical (unpaired) electrons. The third kappa shape index (κ3) is 4.25. The molecule has 0 saturated carbocycles. The summed E-state index contributed by atoms with van der Waals surface area (Å²) in [7, 11) is -3.31. The van der Waals surface area contributed by atoms with Crippen molar-refractivity contribution in [3.8, 4) is 0 Å². The van der Waals surface area contributed by atoms with Crippen LogP contribution in [0.3, 0.4) is 0 Å². The molecule has 8 nitrogen and oxygen atoms in total.